The average Bonchev–Trinajstić information content (AvgIpc) is 2.87. The first-order valence-electron chi connectivity index (χ1n) is 4.95. The van der Waals surface area contributed by atoms with Gasteiger partial charge in [-0.3, -0.25) is 4.98 Å². The summed E-state index contributed by atoms with van der Waals surface area (Å²) in [7, 11) is 4.01. The summed E-state index contributed by atoms with van der Waals surface area (Å²) in [6.45, 7) is 1.67. The number of rotatable bonds is 5. The van der Waals surface area contributed by atoms with E-state index in [2.05, 4.69) is 20.7 Å². The minimum absolute atomic E-state index is 0.808. The molecule has 2 aromatic heterocycles. The highest BCUT2D eigenvalue weighted by atomic mass is 32.1. The molecular weight excluding hydrogens is 240 g/mol. The summed E-state index contributed by atoms with van der Waals surface area (Å²) in [6.07, 6.45) is 1.89. The van der Waals surface area contributed by atoms with Crippen molar-refractivity contribution < 1.29 is 0 Å². The number of aromatic nitrogens is 2. The van der Waals surface area contributed by atoms with Gasteiger partial charge in [-0.05, 0) is 0 Å². The normalized spacial score (nSPS) is 10.6. The van der Waals surface area contributed by atoms with Gasteiger partial charge < -0.3 is 10.2 Å². The van der Waals surface area contributed by atoms with Crippen molar-refractivity contribution in [2.75, 3.05) is 19.0 Å². The summed E-state index contributed by atoms with van der Waals surface area (Å²) in [4.78, 5) is 11.8. The highest BCUT2D eigenvalue weighted by Crippen LogP contribution is 2.17. The molecule has 16 heavy (non-hydrogen) atoms. The third kappa shape index (κ3) is 3.01. The second kappa shape index (κ2) is 5.38. The molecule has 0 fully saturated rings. The molecule has 86 valence electrons. The van der Waals surface area contributed by atoms with Crippen LogP contribution in [-0.4, -0.2) is 24.1 Å². The van der Waals surface area contributed by atoms with Crippen molar-refractivity contribution in [3.05, 3.63) is 27.7 Å². The van der Waals surface area contributed by atoms with E-state index in [9.17, 15) is 0 Å². The average molecular weight is 254 g/mol. The van der Waals surface area contributed by atoms with E-state index in [1.165, 1.54) is 4.88 Å². The number of anilines is 1. The quantitative estimate of drug-likeness (QED) is 0.885. The summed E-state index contributed by atoms with van der Waals surface area (Å²) in [5.41, 5.74) is 2.95. The summed E-state index contributed by atoms with van der Waals surface area (Å²) in [6, 6.07) is 0. The minimum atomic E-state index is 0.808. The number of thiazole rings is 2. The zero-order valence-corrected chi connectivity index (χ0v) is 10.9. The van der Waals surface area contributed by atoms with Gasteiger partial charge in [0.25, 0.3) is 0 Å². The Morgan fingerprint density at radius 3 is 2.81 bits per heavy atom. The molecule has 2 rings (SSSR count). The Balaban J connectivity index is 1.81. The van der Waals surface area contributed by atoms with Crippen molar-refractivity contribution in [3.8, 4) is 0 Å². The van der Waals surface area contributed by atoms with Crippen LogP contribution in [0.5, 0.6) is 0 Å². The first-order chi connectivity index (χ1) is 7.75. The molecule has 1 N–H and O–H groups in total. The lowest BCUT2D eigenvalue weighted by Gasteiger charge is -2.05. The van der Waals surface area contributed by atoms with E-state index in [1.807, 2.05) is 30.7 Å². The Kier molecular flexibility index (Phi) is 3.87. The number of hydrogen-bond donors (Lipinski definition) is 1. The summed E-state index contributed by atoms with van der Waals surface area (Å²) in [5, 5.41) is 6.50. The van der Waals surface area contributed by atoms with Crippen molar-refractivity contribution in [1.29, 1.82) is 0 Å². The van der Waals surface area contributed by atoms with Crippen LogP contribution in [0.3, 0.4) is 0 Å². The van der Waals surface area contributed by atoms with Crippen LogP contribution in [0.25, 0.3) is 0 Å². The van der Waals surface area contributed by atoms with E-state index in [0.29, 0.717) is 0 Å². The molecule has 2 aromatic rings. The molecule has 0 saturated heterocycles. The van der Waals surface area contributed by atoms with Crippen LogP contribution in [-0.2, 0) is 13.1 Å². The molecule has 0 atom stereocenters. The van der Waals surface area contributed by atoms with Crippen LogP contribution >= 0.6 is 22.7 Å². The van der Waals surface area contributed by atoms with Gasteiger partial charge >= 0.3 is 0 Å². The molecule has 0 radical (unpaired) electrons. The van der Waals surface area contributed by atoms with E-state index in [4.69, 9.17) is 0 Å². The lowest BCUT2D eigenvalue weighted by atomic mass is 10.4. The van der Waals surface area contributed by atoms with E-state index in [-0.39, 0.29) is 0 Å². The fraction of sp³-hybridized carbons (Fsp3) is 0.400. The maximum absolute atomic E-state index is 4.50. The third-order valence-electron chi connectivity index (χ3n) is 2.01. The maximum Gasteiger partial charge on any atom is 0.185 e. The van der Waals surface area contributed by atoms with Crippen LogP contribution in [0, 0.1) is 0 Å². The van der Waals surface area contributed by atoms with E-state index >= 15 is 0 Å². The Bertz CT molecular complexity index is 422. The topological polar surface area (TPSA) is 41.1 Å². The largest absolute Gasteiger partial charge is 0.354 e. The maximum atomic E-state index is 4.50. The molecule has 0 amide bonds. The Morgan fingerprint density at radius 2 is 2.19 bits per heavy atom. The van der Waals surface area contributed by atoms with Crippen molar-refractivity contribution in [2.45, 2.75) is 13.1 Å². The SMILES string of the molecule is CN(C)c1nc(CNCc2cncs2)cs1. The van der Waals surface area contributed by atoms with Crippen LogP contribution in [0.15, 0.2) is 17.1 Å². The standard InChI is InChI=1S/C10H14N4S2/c1-14(2)10-13-8(6-15-10)3-11-4-9-5-12-7-16-9/h5-7,11H,3-4H2,1-2H3. The Labute approximate surface area is 103 Å². The third-order valence-corrected chi connectivity index (χ3v) is 3.85. The van der Waals surface area contributed by atoms with E-state index in [0.717, 1.165) is 23.9 Å². The Hall–Kier alpha value is -0.980. The van der Waals surface area contributed by atoms with Gasteiger partial charge in [0, 0.05) is 43.6 Å². The predicted molar refractivity (Wildman–Crippen MR) is 69.1 cm³/mol. The predicted octanol–water partition coefficient (Wildman–Crippen LogP) is 1.96. The fourth-order valence-electron chi connectivity index (χ4n) is 1.23. The molecule has 2 heterocycles. The van der Waals surface area contributed by atoms with Gasteiger partial charge in [-0.1, -0.05) is 0 Å². The fourth-order valence-corrected chi connectivity index (χ4v) is 2.55. The van der Waals surface area contributed by atoms with Gasteiger partial charge in [-0.25, -0.2) is 4.98 Å². The van der Waals surface area contributed by atoms with Crippen molar-refractivity contribution >= 4 is 27.8 Å². The molecule has 4 nitrogen and oxygen atoms in total. The van der Waals surface area contributed by atoms with Crippen LogP contribution in [0.4, 0.5) is 5.13 Å². The highest BCUT2D eigenvalue weighted by Gasteiger charge is 2.03. The van der Waals surface area contributed by atoms with E-state index in [1.54, 1.807) is 22.7 Å². The Morgan fingerprint density at radius 1 is 1.31 bits per heavy atom. The monoisotopic (exact) mass is 254 g/mol. The molecule has 0 aromatic carbocycles. The zero-order chi connectivity index (χ0) is 11.4. The van der Waals surface area contributed by atoms with Crippen LogP contribution in [0.2, 0.25) is 0 Å². The molecule has 0 bridgehead atoms. The summed E-state index contributed by atoms with van der Waals surface area (Å²) < 4.78 is 0. The molecule has 0 saturated carbocycles. The molecule has 0 unspecified atom stereocenters. The first kappa shape index (κ1) is 11.5. The van der Waals surface area contributed by atoms with Crippen molar-refractivity contribution in [1.82, 2.24) is 15.3 Å². The first-order valence-corrected chi connectivity index (χ1v) is 6.71. The van der Waals surface area contributed by atoms with Gasteiger partial charge in [0.2, 0.25) is 0 Å². The molecule has 0 aliphatic rings. The number of hydrogen-bond acceptors (Lipinski definition) is 6. The van der Waals surface area contributed by atoms with Gasteiger partial charge in [-0.15, -0.1) is 22.7 Å². The van der Waals surface area contributed by atoms with Crippen molar-refractivity contribution in [3.63, 3.8) is 0 Å². The molecule has 0 spiro atoms. The summed E-state index contributed by atoms with van der Waals surface area (Å²) in [5.74, 6) is 0. The number of nitrogens with zero attached hydrogens (tertiary/aromatic N) is 3. The summed E-state index contributed by atoms with van der Waals surface area (Å²) >= 11 is 3.34. The molecule has 0 aliphatic heterocycles. The number of nitrogens with one attached hydrogen (secondary N) is 1. The molecule has 6 heteroatoms. The van der Waals surface area contributed by atoms with Crippen molar-refractivity contribution in [2.24, 2.45) is 0 Å². The lowest BCUT2D eigenvalue weighted by Crippen LogP contribution is -2.13. The van der Waals surface area contributed by atoms with Gasteiger partial charge in [-0.2, -0.15) is 0 Å². The smallest absolute Gasteiger partial charge is 0.185 e. The van der Waals surface area contributed by atoms with Gasteiger partial charge in [0.15, 0.2) is 5.13 Å². The second-order valence-electron chi connectivity index (χ2n) is 3.59. The van der Waals surface area contributed by atoms with E-state index < -0.39 is 0 Å². The minimum Gasteiger partial charge on any atom is -0.354 e. The molecular formula is C10H14N4S2. The molecule has 0 aliphatic carbocycles. The highest BCUT2D eigenvalue weighted by molar-refractivity contribution is 7.13. The van der Waals surface area contributed by atoms with Crippen LogP contribution in [0.1, 0.15) is 10.6 Å². The second-order valence-corrected chi connectivity index (χ2v) is 5.39. The van der Waals surface area contributed by atoms with Gasteiger partial charge in [0.05, 0.1) is 11.2 Å². The zero-order valence-electron chi connectivity index (χ0n) is 9.30. The van der Waals surface area contributed by atoms with Gasteiger partial charge in [0.1, 0.15) is 0 Å². The lowest BCUT2D eigenvalue weighted by molar-refractivity contribution is 0.688. The van der Waals surface area contributed by atoms with Crippen LogP contribution < -0.4 is 10.2 Å².